The Balaban J connectivity index is 0.00000289. The van der Waals surface area contributed by atoms with E-state index < -0.39 is 0 Å². The molecule has 1 aliphatic rings. The summed E-state index contributed by atoms with van der Waals surface area (Å²) in [4.78, 5) is 6.04. The normalized spacial score (nSPS) is 16.2. The number of aliphatic imine (C=N–C) groups is 1. The third-order valence-corrected chi connectivity index (χ3v) is 6.06. The molecule has 0 aliphatic carbocycles. The van der Waals surface area contributed by atoms with Gasteiger partial charge in [0.25, 0.3) is 0 Å². The van der Waals surface area contributed by atoms with Crippen LogP contribution in [0.2, 0.25) is 0 Å². The van der Waals surface area contributed by atoms with Gasteiger partial charge in [-0.05, 0) is 30.5 Å². The molecule has 3 aromatic rings. The van der Waals surface area contributed by atoms with E-state index in [9.17, 15) is 0 Å². The summed E-state index contributed by atoms with van der Waals surface area (Å²) in [5.74, 6) is 3.27. The number of ether oxygens (including phenoxy) is 2. The first kappa shape index (κ1) is 24.3. The quantitative estimate of drug-likeness (QED) is 0.245. The Morgan fingerprint density at radius 2 is 2.12 bits per heavy atom. The lowest BCUT2D eigenvalue weighted by molar-refractivity contribution is 0.0971. The van der Waals surface area contributed by atoms with Crippen molar-refractivity contribution < 1.29 is 9.47 Å². The van der Waals surface area contributed by atoms with E-state index >= 15 is 0 Å². The molecule has 0 amide bonds. The molecular formula is C22H29IN6O2S. The fraction of sp³-hybridized carbons (Fsp3) is 0.409. The van der Waals surface area contributed by atoms with Crippen LogP contribution in [0.3, 0.4) is 0 Å². The van der Waals surface area contributed by atoms with Crippen molar-refractivity contribution >= 4 is 41.3 Å². The van der Waals surface area contributed by atoms with E-state index in [0.29, 0.717) is 19.7 Å². The first-order valence-electron chi connectivity index (χ1n) is 10.6. The highest BCUT2D eigenvalue weighted by molar-refractivity contribution is 14.0. The van der Waals surface area contributed by atoms with Gasteiger partial charge in [-0.3, -0.25) is 0 Å². The zero-order chi connectivity index (χ0) is 21.5. The van der Waals surface area contributed by atoms with Gasteiger partial charge < -0.3 is 24.7 Å². The third-order valence-electron chi connectivity index (χ3n) is 5.00. The highest BCUT2D eigenvalue weighted by atomic mass is 127. The topological polar surface area (TPSA) is 85.6 Å². The number of nitrogens with one attached hydrogen (secondary N) is 2. The van der Waals surface area contributed by atoms with E-state index in [1.807, 2.05) is 24.3 Å². The van der Waals surface area contributed by atoms with Crippen molar-refractivity contribution in [2.24, 2.45) is 4.99 Å². The monoisotopic (exact) mass is 568 g/mol. The minimum Gasteiger partial charge on any atom is -0.486 e. The number of nitrogens with zero attached hydrogens (tertiary/aromatic N) is 4. The lowest BCUT2D eigenvalue weighted by atomic mass is 10.2. The second kappa shape index (κ2) is 12.0. The van der Waals surface area contributed by atoms with Crippen LogP contribution in [0, 0.1) is 0 Å². The van der Waals surface area contributed by atoms with Crippen molar-refractivity contribution in [1.82, 2.24) is 25.4 Å². The van der Waals surface area contributed by atoms with Crippen molar-refractivity contribution in [1.29, 1.82) is 0 Å². The van der Waals surface area contributed by atoms with Crippen molar-refractivity contribution in [2.45, 2.75) is 39.0 Å². The third kappa shape index (κ3) is 6.35. The van der Waals surface area contributed by atoms with Crippen LogP contribution >= 0.6 is 35.3 Å². The molecule has 4 rings (SSSR count). The van der Waals surface area contributed by atoms with Crippen LogP contribution < -0.4 is 20.1 Å². The average Bonchev–Trinajstić information content (AvgIpc) is 3.49. The van der Waals surface area contributed by atoms with E-state index in [1.165, 1.54) is 4.88 Å². The number of fused-ring (bicyclic) bond motifs is 1. The number of hydrogen-bond acceptors (Lipinski definition) is 6. The van der Waals surface area contributed by atoms with Gasteiger partial charge >= 0.3 is 0 Å². The van der Waals surface area contributed by atoms with Gasteiger partial charge in [-0.15, -0.1) is 45.5 Å². The Morgan fingerprint density at radius 1 is 1.28 bits per heavy atom. The maximum atomic E-state index is 6.05. The SMILES string of the molecule is CCc1nncn1CCNC(=NCC1COc2ccccc2O1)NC(C)c1cccs1.I. The molecule has 0 saturated carbocycles. The number of para-hydroxylation sites is 2. The molecule has 172 valence electrons. The Hall–Kier alpha value is -2.34. The lowest BCUT2D eigenvalue weighted by Crippen LogP contribution is -2.41. The van der Waals surface area contributed by atoms with Crippen LogP contribution in [0.15, 0.2) is 53.1 Å². The maximum absolute atomic E-state index is 6.05. The molecule has 2 aromatic heterocycles. The van der Waals surface area contributed by atoms with Crippen molar-refractivity contribution in [2.75, 3.05) is 19.7 Å². The molecule has 0 radical (unpaired) electrons. The lowest BCUT2D eigenvalue weighted by Gasteiger charge is -2.26. The molecular weight excluding hydrogens is 539 g/mol. The molecule has 1 aliphatic heterocycles. The summed E-state index contributed by atoms with van der Waals surface area (Å²) < 4.78 is 13.9. The summed E-state index contributed by atoms with van der Waals surface area (Å²) in [5, 5.41) is 17.2. The van der Waals surface area contributed by atoms with Crippen LogP contribution in [-0.4, -0.2) is 46.5 Å². The van der Waals surface area contributed by atoms with E-state index in [-0.39, 0.29) is 36.1 Å². The Labute approximate surface area is 209 Å². The summed E-state index contributed by atoms with van der Waals surface area (Å²) in [5.41, 5.74) is 0. The maximum Gasteiger partial charge on any atom is 0.191 e. The fourth-order valence-corrected chi connectivity index (χ4v) is 4.08. The summed E-state index contributed by atoms with van der Waals surface area (Å²) in [6.07, 6.45) is 2.49. The van der Waals surface area contributed by atoms with E-state index in [0.717, 1.165) is 36.2 Å². The number of hydrogen-bond donors (Lipinski definition) is 2. The standard InChI is InChI=1S/C22H28N6O2S.HI/c1-3-21-27-25-15-28(21)11-10-23-22(26-16(2)20-9-6-12-31-20)24-13-17-14-29-18-7-4-5-8-19(18)30-17;/h4-9,12,15-17H,3,10-11,13-14H2,1-2H3,(H2,23,24,26);1H. The fourth-order valence-electron chi connectivity index (χ4n) is 3.35. The molecule has 1 aromatic carbocycles. The number of benzene rings is 1. The van der Waals surface area contributed by atoms with Crippen LogP contribution in [0.4, 0.5) is 0 Å². The minimum absolute atomic E-state index is 0. The van der Waals surface area contributed by atoms with Crippen molar-refractivity contribution in [3.63, 3.8) is 0 Å². The van der Waals surface area contributed by atoms with E-state index in [2.05, 4.69) is 56.8 Å². The van der Waals surface area contributed by atoms with Gasteiger partial charge in [0.2, 0.25) is 0 Å². The second-order valence-electron chi connectivity index (χ2n) is 7.29. The van der Waals surface area contributed by atoms with Gasteiger partial charge in [0.1, 0.15) is 18.8 Å². The van der Waals surface area contributed by atoms with Crippen molar-refractivity contribution in [3.8, 4) is 11.5 Å². The molecule has 0 fully saturated rings. The minimum atomic E-state index is -0.130. The first-order chi connectivity index (χ1) is 15.2. The van der Waals surface area contributed by atoms with Gasteiger partial charge in [-0.2, -0.15) is 0 Å². The molecule has 10 heteroatoms. The largest absolute Gasteiger partial charge is 0.486 e. The van der Waals surface area contributed by atoms with Crippen LogP contribution in [-0.2, 0) is 13.0 Å². The summed E-state index contributed by atoms with van der Waals surface area (Å²) in [6, 6.07) is 12.1. The predicted molar refractivity (Wildman–Crippen MR) is 137 cm³/mol. The zero-order valence-corrected chi connectivity index (χ0v) is 21.4. The highest BCUT2D eigenvalue weighted by Gasteiger charge is 2.20. The Kier molecular flexibility index (Phi) is 9.15. The molecule has 0 bridgehead atoms. The van der Waals surface area contributed by atoms with Gasteiger partial charge in [0.15, 0.2) is 23.6 Å². The zero-order valence-electron chi connectivity index (χ0n) is 18.2. The van der Waals surface area contributed by atoms with Gasteiger partial charge in [0.05, 0.1) is 12.6 Å². The first-order valence-corrected chi connectivity index (χ1v) is 11.4. The molecule has 32 heavy (non-hydrogen) atoms. The summed E-state index contributed by atoms with van der Waals surface area (Å²) >= 11 is 1.73. The van der Waals surface area contributed by atoms with Crippen LogP contribution in [0.25, 0.3) is 0 Å². The summed E-state index contributed by atoms with van der Waals surface area (Å²) in [6.45, 7) is 6.66. The molecule has 3 heterocycles. The predicted octanol–water partition coefficient (Wildman–Crippen LogP) is 3.66. The summed E-state index contributed by atoms with van der Waals surface area (Å²) in [7, 11) is 0. The molecule has 0 saturated heterocycles. The number of rotatable bonds is 8. The average molecular weight is 568 g/mol. The van der Waals surface area contributed by atoms with Crippen molar-refractivity contribution in [3.05, 3.63) is 58.8 Å². The molecule has 0 spiro atoms. The van der Waals surface area contributed by atoms with Crippen LogP contribution in [0.5, 0.6) is 11.5 Å². The number of halogens is 1. The number of thiophene rings is 1. The Morgan fingerprint density at radius 3 is 2.91 bits per heavy atom. The number of aromatic nitrogens is 3. The number of guanidine groups is 1. The van der Waals surface area contributed by atoms with Gasteiger partial charge in [-0.1, -0.05) is 25.1 Å². The molecule has 2 atom stereocenters. The van der Waals surface area contributed by atoms with E-state index in [1.54, 1.807) is 17.7 Å². The van der Waals surface area contributed by atoms with E-state index in [4.69, 9.17) is 14.5 Å². The smallest absolute Gasteiger partial charge is 0.191 e. The highest BCUT2D eigenvalue weighted by Crippen LogP contribution is 2.30. The molecule has 2 N–H and O–H groups in total. The molecule has 2 unspecified atom stereocenters. The Bertz CT molecular complexity index is 994. The van der Waals surface area contributed by atoms with Gasteiger partial charge in [0, 0.05) is 24.4 Å². The molecule has 8 nitrogen and oxygen atoms in total. The second-order valence-corrected chi connectivity index (χ2v) is 8.27. The van der Waals surface area contributed by atoms with Gasteiger partial charge in [-0.25, -0.2) is 4.99 Å². The number of aryl methyl sites for hydroxylation is 1. The van der Waals surface area contributed by atoms with Crippen LogP contribution in [0.1, 0.15) is 30.6 Å².